The van der Waals surface area contributed by atoms with Crippen LogP contribution in [0.5, 0.6) is 0 Å². The van der Waals surface area contributed by atoms with E-state index in [1.54, 1.807) is 30.0 Å². The van der Waals surface area contributed by atoms with E-state index in [9.17, 15) is 8.42 Å². The molecule has 1 aliphatic carbocycles. The minimum Gasteiger partial charge on any atom is -0.282 e. The molecular formula is C11H14O3S2. The average Bonchev–Trinajstić information content (AvgIpc) is 2.70. The zero-order valence-corrected chi connectivity index (χ0v) is 10.4. The van der Waals surface area contributed by atoms with Gasteiger partial charge in [-0.3, -0.25) is 4.55 Å². The summed E-state index contributed by atoms with van der Waals surface area (Å²) < 4.78 is 31.4. The first-order valence-corrected chi connectivity index (χ1v) is 7.62. The molecule has 1 fully saturated rings. The van der Waals surface area contributed by atoms with E-state index in [2.05, 4.69) is 0 Å². The molecule has 16 heavy (non-hydrogen) atoms. The molecular weight excluding hydrogens is 244 g/mol. The molecule has 3 nitrogen and oxygen atoms in total. The van der Waals surface area contributed by atoms with Gasteiger partial charge in [0.1, 0.15) is 4.90 Å². The van der Waals surface area contributed by atoms with Crippen LogP contribution in [0.25, 0.3) is 0 Å². The van der Waals surface area contributed by atoms with Crippen LogP contribution in [0.4, 0.5) is 0 Å². The van der Waals surface area contributed by atoms with E-state index in [0.29, 0.717) is 10.1 Å². The molecule has 1 aromatic rings. The second-order valence-electron chi connectivity index (χ2n) is 3.95. The highest BCUT2D eigenvalue weighted by atomic mass is 32.2. The Morgan fingerprint density at radius 1 is 1.19 bits per heavy atom. The highest BCUT2D eigenvalue weighted by Crippen LogP contribution is 2.37. The monoisotopic (exact) mass is 258 g/mol. The van der Waals surface area contributed by atoms with Crippen molar-refractivity contribution in [2.24, 2.45) is 0 Å². The van der Waals surface area contributed by atoms with Crippen LogP contribution in [0.2, 0.25) is 0 Å². The zero-order valence-electron chi connectivity index (χ0n) is 8.80. The number of hydrogen-bond acceptors (Lipinski definition) is 3. The molecule has 1 saturated carbocycles. The van der Waals surface area contributed by atoms with Crippen molar-refractivity contribution in [2.45, 2.75) is 40.7 Å². The predicted molar refractivity (Wildman–Crippen MR) is 64.4 cm³/mol. The van der Waals surface area contributed by atoms with Crippen molar-refractivity contribution in [1.82, 2.24) is 0 Å². The maximum absolute atomic E-state index is 11.2. The Balaban J connectivity index is 2.26. The Kier molecular flexibility index (Phi) is 3.56. The van der Waals surface area contributed by atoms with Crippen LogP contribution in [0.15, 0.2) is 34.1 Å². The number of benzene rings is 1. The maximum Gasteiger partial charge on any atom is 0.295 e. The smallest absolute Gasteiger partial charge is 0.282 e. The van der Waals surface area contributed by atoms with Crippen molar-refractivity contribution in [3.63, 3.8) is 0 Å². The third-order valence-corrected chi connectivity index (χ3v) is 5.18. The Morgan fingerprint density at radius 3 is 2.44 bits per heavy atom. The van der Waals surface area contributed by atoms with Gasteiger partial charge in [0.25, 0.3) is 10.1 Å². The van der Waals surface area contributed by atoms with Crippen LogP contribution in [0, 0.1) is 0 Å². The average molecular weight is 258 g/mol. The molecule has 0 aliphatic heterocycles. The minimum atomic E-state index is -4.10. The summed E-state index contributed by atoms with van der Waals surface area (Å²) >= 11 is 1.57. The van der Waals surface area contributed by atoms with Gasteiger partial charge in [-0.15, -0.1) is 11.8 Å². The third kappa shape index (κ3) is 2.78. The molecule has 88 valence electrons. The first kappa shape index (κ1) is 12.0. The third-order valence-electron chi connectivity index (χ3n) is 2.72. The van der Waals surface area contributed by atoms with E-state index in [1.165, 1.54) is 18.9 Å². The first-order chi connectivity index (χ1) is 7.57. The molecule has 2 rings (SSSR count). The summed E-state index contributed by atoms with van der Waals surface area (Å²) in [4.78, 5) is 0.698. The van der Waals surface area contributed by atoms with Crippen molar-refractivity contribution >= 4 is 21.9 Å². The normalized spacial score (nSPS) is 17.8. The molecule has 5 heteroatoms. The van der Waals surface area contributed by atoms with Gasteiger partial charge in [0.05, 0.1) is 0 Å². The zero-order chi connectivity index (χ0) is 11.6. The highest BCUT2D eigenvalue weighted by molar-refractivity contribution is 8.00. The highest BCUT2D eigenvalue weighted by Gasteiger charge is 2.21. The first-order valence-electron chi connectivity index (χ1n) is 5.30. The second-order valence-corrected chi connectivity index (χ2v) is 6.68. The summed E-state index contributed by atoms with van der Waals surface area (Å²) in [7, 11) is -4.10. The minimum absolute atomic E-state index is 0.0342. The van der Waals surface area contributed by atoms with E-state index in [0.717, 1.165) is 12.8 Å². The molecule has 1 N–H and O–H groups in total. The van der Waals surface area contributed by atoms with Gasteiger partial charge in [0, 0.05) is 10.1 Å². The lowest BCUT2D eigenvalue weighted by Crippen LogP contribution is -2.02. The molecule has 0 bridgehead atoms. The molecule has 0 radical (unpaired) electrons. The van der Waals surface area contributed by atoms with E-state index in [-0.39, 0.29) is 4.90 Å². The molecule has 0 heterocycles. The van der Waals surface area contributed by atoms with Crippen LogP contribution in [0.1, 0.15) is 25.7 Å². The van der Waals surface area contributed by atoms with Crippen molar-refractivity contribution < 1.29 is 13.0 Å². The largest absolute Gasteiger partial charge is 0.295 e. The fourth-order valence-corrected chi connectivity index (χ4v) is 4.25. The van der Waals surface area contributed by atoms with Gasteiger partial charge in [-0.05, 0) is 25.0 Å². The summed E-state index contributed by atoms with van der Waals surface area (Å²) in [6.07, 6.45) is 4.69. The van der Waals surface area contributed by atoms with Crippen LogP contribution in [-0.4, -0.2) is 18.2 Å². The second kappa shape index (κ2) is 4.77. The predicted octanol–water partition coefficient (Wildman–Crippen LogP) is 2.97. The lowest BCUT2D eigenvalue weighted by molar-refractivity contribution is 0.481. The Morgan fingerprint density at radius 2 is 1.81 bits per heavy atom. The molecule has 0 atom stereocenters. The molecule has 0 aromatic heterocycles. The topological polar surface area (TPSA) is 54.4 Å². The van der Waals surface area contributed by atoms with Crippen molar-refractivity contribution in [3.05, 3.63) is 24.3 Å². The Labute approximate surface area is 100 Å². The van der Waals surface area contributed by atoms with Gasteiger partial charge >= 0.3 is 0 Å². The van der Waals surface area contributed by atoms with Gasteiger partial charge < -0.3 is 0 Å². The van der Waals surface area contributed by atoms with Gasteiger partial charge in [-0.25, -0.2) is 0 Å². The fraction of sp³-hybridized carbons (Fsp3) is 0.455. The molecule has 1 aromatic carbocycles. The van der Waals surface area contributed by atoms with Crippen molar-refractivity contribution in [2.75, 3.05) is 0 Å². The number of thioether (sulfide) groups is 1. The van der Waals surface area contributed by atoms with Gasteiger partial charge in [0.15, 0.2) is 0 Å². The van der Waals surface area contributed by atoms with E-state index in [1.807, 2.05) is 0 Å². The van der Waals surface area contributed by atoms with Gasteiger partial charge in [-0.2, -0.15) is 8.42 Å². The van der Waals surface area contributed by atoms with Crippen LogP contribution < -0.4 is 0 Å². The summed E-state index contributed by atoms with van der Waals surface area (Å²) in [6, 6.07) is 6.63. The van der Waals surface area contributed by atoms with Crippen LogP contribution >= 0.6 is 11.8 Å². The molecule has 0 unspecified atom stereocenters. The lowest BCUT2D eigenvalue weighted by Gasteiger charge is -2.11. The van der Waals surface area contributed by atoms with Crippen molar-refractivity contribution in [3.8, 4) is 0 Å². The lowest BCUT2D eigenvalue weighted by atomic mass is 10.4. The number of hydrogen-bond donors (Lipinski definition) is 1. The van der Waals surface area contributed by atoms with E-state index >= 15 is 0 Å². The molecule has 0 amide bonds. The quantitative estimate of drug-likeness (QED) is 0.847. The maximum atomic E-state index is 11.2. The summed E-state index contributed by atoms with van der Waals surface area (Å²) in [5.41, 5.74) is 0. The Hall–Kier alpha value is -0.520. The SMILES string of the molecule is O=S(=O)(O)c1ccccc1SC1CCCC1. The molecule has 0 saturated heterocycles. The summed E-state index contributed by atoms with van der Waals surface area (Å²) in [6.45, 7) is 0. The molecule has 1 aliphatic rings. The van der Waals surface area contributed by atoms with Gasteiger partial charge in [0.2, 0.25) is 0 Å². The van der Waals surface area contributed by atoms with Gasteiger partial charge in [-0.1, -0.05) is 25.0 Å². The summed E-state index contributed by atoms with van der Waals surface area (Å²) in [5.74, 6) is 0. The standard InChI is InChI=1S/C11H14O3S2/c12-16(13,14)11-8-4-3-7-10(11)15-9-5-1-2-6-9/h3-4,7-9H,1-2,5-6H2,(H,12,13,14). The van der Waals surface area contributed by atoms with E-state index in [4.69, 9.17) is 4.55 Å². The van der Waals surface area contributed by atoms with Crippen LogP contribution in [0.3, 0.4) is 0 Å². The number of rotatable bonds is 3. The fourth-order valence-electron chi connectivity index (χ4n) is 1.95. The van der Waals surface area contributed by atoms with Crippen LogP contribution in [-0.2, 0) is 10.1 Å². The molecule has 0 spiro atoms. The van der Waals surface area contributed by atoms with E-state index < -0.39 is 10.1 Å². The summed E-state index contributed by atoms with van der Waals surface area (Å²) in [5, 5.41) is 0.489. The Bertz CT molecular complexity index is 462. The van der Waals surface area contributed by atoms with Crippen molar-refractivity contribution in [1.29, 1.82) is 0 Å².